The van der Waals surface area contributed by atoms with Crippen molar-refractivity contribution in [2.24, 2.45) is 0 Å². The molecule has 0 aliphatic rings. The third kappa shape index (κ3) is 6.86. The van der Waals surface area contributed by atoms with Crippen LogP contribution < -0.4 is 5.32 Å². The zero-order valence-corrected chi connectivity index (χ0v) is 6.54. The van der Waals surface area contributed by atoms with Gasteiger partial charge in [-0.05, 0) is 6.42 Å². The fourth-order valence-corrected chi connectivity index (χ4v) is 0.459. The molecule has 0 aromatic rings. The first-order chi connectivity index (χ1) is 5.31. The maximum Gasteiger partial charge on any atom is 0.331 e. The van der Waals surface area contributed by atoms with Crippen molar-refractivity contribution in [2.45, 2.75) is 6.42 Å². The number of ether oxygens (including phenoxy) is 1. The molecule has 0 heterocycles. The van der Waals surface area contributed by atoms with Gasteiger partial charge in [-0.1, -0.05) is 0 Å². The van der Waals surface area contributed by atoms with Gasteiger partial charge in [0.15, 0.2) is 0 Å². The summed E-state index contributed by atoms with van der Waals surface area (Å²) in [6.07, 6.45) is 3.46. The smallest absolute Gasteiger partial charge is 0.331 e. The molecule has 0 fully saturated rings. The molecule has 4 heteroatoms. The van der Waals surface area contributed by atoms with Crippen LogP contribution in [0.15, 0.2) is 12.3 Å². The molecule has 64 valence electrons. The molecule has 0 aromatic heterocycles. The molecule has 0 radical (unpaired) electrons. The molecule has 0 unspecified atom stereocenters. The van der Waals surface area contributed by atoms with E-state index >= 15 is 0 Å². The topological polar surface area (TPSA) is 58.6 Å². The Balaban J connectivity index is 3.22. The third-order valence-corrected chi connectivity index (χ3v) is 1.02. The summed E-state index contributed by atoms with van der Waals surface area (Å²) in [6.45, 7) is 0.809. The van der Waals surface area contributed by atoms with Crippen molar-refractivity contribution in [3.8, 4) is 0 Å². The normalized spacial score (nSPS) is 10.0. The highest BCUT2D eigenvalue weighted by Gasteiger charge is 1.87. The monoisotopic (exact) mass is 159 g/mol. The predicted molar refractivity (Wildman–Crippen MR) is 40.9 cm³/mol. The van der Waals surface area contributed by atoms with Crippen molar-refractivity contribution in [3.63, 3.8) is 0 Å². The lowest BCUT2D eigenvalue weighted by molar-refractivity contribution is -0.134. The Labute approximate surface area is 65.9 Å². The fourth-order valence-electron chi connectivity index (χ4n) is 0.459. The first kappa shape index (κ1) is 9.97. The molecule has 0 spiro atoms. The predicted octanol–water partition coefficient (Wildman–Crippen LogP) is -0.355. The van der Waals surface area contributed by atoms with Crippen molar-refractivity contribution in [1.82, 2.24) is 5.32 Å². The second-order valence-electron chi connectivity index (χ2n) is 1.89. The molecule has 0 atom stereocenters. The van der Waals surface area contributed by atoms with Crippen LogP contribution in [0.25, 0.3) is 0 Å². The van der Waals surface area contributed by atoms with Crippen LogP contribution in [0.2, 0.25) is 0 Å². The van der Waals surface area contributed by atoms with Crippen LogP contribution >= 0.6 is 0 Å². The minimum Gasteiger partial charge on any atom is -0.466 e. The summed E-state index contributed by atoms with van der Waals surface area (Å²) in [7, 11) is 1.32. The van der Waals surface area contributed by atoms with Gasteiger partial charge >= 0.3 is 5.97 Å². The zero-order chi connectivity index (χ0) is 8.53. The molecule has 4 nitrogen and oxygen atoms in total. The second-order valence-corrected chi connectivity index (χ2v) is 1.89. The molecule has 0 aromatic carbocycles. The van der Waals surface area contributed by atoms with Gasteiger partial charge in [-0.2, -0.15) is 0 Å². The molecule has 0 rings (SSSR count). The van der Waals surface area contributed by atoms with Crippen molar-refractivity contribution in [1.29, 1.82) is 0 Å². The van der Waals surface area contributed by atoms with Gasteiger partial charge in [0, 0.05) is 25.4 Å². The van der Waals surface area contributed by atoms with Gasteiger partial charge in [0.05, 0.1) is 7.11 Å². The molecule has 0 aliphatic carbocycles. The van der Waals surface area contributed by atoms with E-state index < -0.39 is 0 Å². The van der Waals surface area contributed by atoms with Gasteiger partial charge in [0.1, 0.15) is 0 Å². The zero-order valence-electron chi connectivity index (χ0n) is 6.54. The van der Waals surface area contributed by atoms with Crippen LogP contribution in [0, 0.1) is 0 Å². The van der Waals surface area contributed by atoms with Crippen molar-refractivity contribution in [2.75, 3.05) is 20.3 Å². The number of rotatable bonds is 5. The number of carbonyl (C=O) groups excluding carboxylic acids is 1. The van der Waals surface area contributed by atoms with E-state index in [1.54, 1.807) is 0 Å². The van der Waals surface area contributed by atoms with E-state index in [-0.39, 0.29) is 12.6 Å². The summed E-state index contributed by atoms with van der Waals surface area (Å²) < 4.78 is 4.34. The lowest BCUT2D eigenvalue weighted by Crippen LogP contribution is -2.09. The minimum absolute atomic E-state index is 0.152. The molecule has 0 saturated carbocycles. The second kappa shape index (κ2) is 7.08. The quantitative estimate of drug-likeness (QED) is 0.327. The number of hydrogen-bond donors (Lipinski definition) is 2. The summed E-state index contributed by atoms with van der Waals surface area (Å²) >= 11 is 0. The maximum atomic E-state index is 10.4. The van der Waals surface area contributed by atoms with Crippen molar-refractivity contribution >= 4 is 5.97 Å². The average molecular weight is 159 g/mol. The first-order valence-corrected chi connectivity index (χ1v) is 3.40. The lowest BCUT2D eigenvalue weighted by Gasteiger charge is -1.95. The van der Waals surface area contributed by atoms with Crippen LogP contribution in [0.5, 0.6) is 0 Å². The van der Waals surface area contributed by atoms with Crippen LogP contribution in [-0.4, -0.2) is 31.3 Å². The largest absolute Gasteiger partial charge is 0.466 e. The standard InChI is InChI=1S/C7H13NO3/c1-11-7(10)3-5-8-4-2-6-9/h3,5,8-9H,2,4,6H2,1H3/b5-3+. The highest BCUT2D eigenvalue weighted by Crippen LogP contribution is 1.76. The third-order valence-electron chi connectivity index (χ3n) is 1.02. The number of nitrogens with one attached hydrogen (secondary N) is 1. The van der Waals surface area contributed by atoms with Crippen molar-refractivity contribution < 1.29 is 14.6 Å². The highest BCUT2D eigenvalue weighted by atomic mass is 16.5. The molecule has 11 heavy (non-hydrogen) atoms. The number of carbonyl (C=O) groups is 1. The van der Waals surface area contributed by atoms with E-state index in [0.717, 1.165) is 0 Å². The Morgan fingerprint density at radius 1 is 1.73 bits per heavy atom. The van der Waals surface area contributed by atoms with Gasteiger partial charge in [-0.25, -0.2) is 4.79 Å². The molecule has 0 amide bonds. The molecule has 0 aliphatic heterocycles. The molecule has 0 bridgehead atoms. The summed E-state index contributed by atoms with van der Waals surface area (Å²) in [5.41, 5.74) is 0. The Morgan fingerprint density at radius 2 is 2.45 bits per heavy atom. The Bertz CT molecular complexity index is 134. The fraction of sp³-hybridized carbons (Fsp3) is 0.571. The van der Waals surface area contributed by atoms with Crippen LogP contribution in [-0.2, 0) is 9.53 Å². The molecular weight excluding hydrogens is 146 g/mol. The highest BCUT2D eigenvalue weighted by molar-refractivity contribution is 5.81. The summed E-state index contributed by atoms with van der Waals surface area (Å²) in [5.74, 6) is -0.388. The van der Waals surface area contributed by atoms with Gasteiger partial charge < -0.3 is 15.2 Å². The summed E-state index contributed by atoms with van der Waals surface area (Å²) in [6, 6.07) is 0. The average Bonchev–Trinajstić information content (AvgIpc) is 2.04. The van der Waals surface area contributed by atoms with Crippen LogP contribution in [0.3, 0.4) is 0 Å². The van der Waals surface area contributed by atoms with Gasteiger partial charge in [0.2, 0.25) is 0 Å². The Kier molecular flexibility index (Phi) is 6.42. The Hall–Kier alpha value is -1.03. The lowest BCUT2D eigenvalue weighted by atomic mass is 10.4. The molecular formula is C7H13NO3. The molecule has 2 N–H and O–H groups in total. The number of aliphatic hydroxyl groups excluding tert-OH is 1. The van der Waals surface area contributed by atoms with E-state index in [1.807, 2.05) is 0 Å². The van der Waals surface area contributed by atoms with Gasteiger partial charge in [-0.3, -0.25) is 0 Å². The van der Waals surface area contributed by atoms with E-state index in [9.17, 15) is 4.79 Å². The number of aliphatic hydroxyl groups is 1. The minimum atomic E-state index is -0.388. The van der Waals surface area contributed by atoms with Crippen molar-refractivity contribution in [3.05, 3.63) is 12.3 Å². The van der Waals surface area contributed by atoms with Gasteiger partial charge in [-0.15, -0.1) is 0 Å². The summed E-state index contributed by atoms with van der Waals surface area (Å²) in [5, 5.41) is 11.2. The van der Waals surface area contributed by atoms with Gasteiger partial charge in [0.25, 0.3) is 0 Å². The van der Waals surface area contributed by atoms with E-state index in [1.165, 1.54) is 19.4 Å². The van der Waals surface area contributed by atoms with Crippen LogP contribution in [0.1, 0.15) is 6.42 Å². The number of esters is 1. The number of hydrogen-bond acceptors (Lipinski definition) is 4. The van der Waals surface area contributed by atoms with E-state index in [4.69, 9.17) is 5.11 Å². The summed E-state index contributed by atoms with van der Waals surface area (Å²) in [4.78, 5) is 10.4. The molecule has 0 saturated heterocycles. The van der Waals surface area contributed by atoms with E-state index in [0.29, 0.717) is 13.0 Å². The first-order valence-electron chi connectivity index (χ1n) is 3.40. The SMILES string of the molecule is COC(=O)/C=C/NCCCO. The van der Waals surface area contributed by atoms with E-state index in [2.05, 4.69) is 10.1 Å². The number of methoxy groups -OCH3 is 1. The van der Waals surface area contributed by atoms with Crippen LogP contribution in [0.4, 0.5) is 0 Å². The Morgan fingerprint density at radius 3 is 3.00 bits per heavy atom. The maximum absolute atomic E-state index is 10.4.